The van der Waals surface area contributed by atoms with Gasteiger partial charge in [0.05, 0.1) is 20.3 Å². The Kier molecular flexibility index (Phi) is 8.04. The van der Waals surface area contributed by atoms with Gasteiger partial charge in [0, 0.05) is 43.7 Å². The predicted octanol–water partition coefficient (Wildman–Crippen LogP) is 3.66. The van der Waals surface area contributed by atoms with Crippen molar-refractivity contribution in [1.82, 2.24) is 35.1 Å². The van der Waals surface area contributed by atoms with Crippen LogP contribution in [0.5, 0.6) is 5.75 Å². The second-order valence-corrected chi connectivity index (χ2v) is 9.41. The molecule has 200 valence electrons. The molecule has 0 spiro atoms. The van der Waals surface area contributed by atoms with Crippen molar-refractivity contribution in [3.8, 4) is 5.75 Å². The summed E-state index contributed by atoms with van der Waals surface area (Å²) in [5.74, 6) is 1.33. The van der Waals surface area contributed by atoms with E-state index in [-0.39, 0.29) is 5.56 Å². The van der Waals surface area contributed by atoms with E-state index in [4.69, 9.17) is 9.47 Å². The highest BCUT2D eigenvalue weighted by molar-refractivity contribution is 5.79. The van der Waals surface area contributed by atoms with Gasteiger partial charge in [0.1, 0.15) is 11.8 Å². The van der Waals surface area contributed by atoms with Gasteiger partial charge in [0.15, 0.2) is 5.82 Å². The average Bonchev–Trinajstić information content (AvgIpc) is 3.41. The number of nitrogens with zero attached hydrogens (tertiary/aromatic N) is 6. The van der Waals surface area contributed by atoms with Gasteiger partial charge in [0.2, 0.25) is 0 Å². The molecule has 3 heterocycles. The number of ether oxygens (including phenoxy) is 2. The molecule has 0 saturated carbocycles. The van der Waals surface area contributed by atoms with Gasteiger partial charge in [-0.15, -0.1) is 5.10 Å². The number of methoxy groups -OCH3 is 2. The lowest BCUT2D eigenvalue weighted by atomic mass is 10.0. The van der Waals surface area contributed by atoms with Crippen molar-refractivity contribution < 1.29 is 9.47 Å². The van der Waals surface area contributed by atoms with E-state index in [0.29, 0.717) is 37.6 Å². The molecule has 0 unspecified atom stereocenters. The molecular weight excluding hydrogens is 494 g/mol. The molecule has 10 nitrogen and oxygen atoms in total. The van der Waals surface area contributed by atoms with E-state index in [0.717, 1.165) is 33.3 Å². The van der Waals surface area contributed by atoms with Gasteiger partial charge in [-0.1, -0.05) is 29.8 Å². The van der Waals surface area contributed by atoms with Gasteiger partial charge in [-0.05, 0) is 70.3 Å². The average molecular weight is 526 g/mol. The van der Waals surface area contributed by atoms with E-state index in [1.54, 1.807) is 25.1 Å². The number of hydrogen-bond acceptors (Lipinski definition) is 8. The lowest BCUT2D eigenvalue weighted by Gasteiger charge is -2.31. The molecular formula is C29H31N7O3. The summed E-state index contributed by atoms with van der Waals surface area (Å²) < 4.78 is 12.4. The third kappa shape index (κ3) is 6.02. The maximum absolute atomic E-state index is 13.7. The summed E-state index contributed by atoms with van der Waals surface area (Å²) in [5, 5.41) is 13.6. The third-order valence-electron chi connectivity index (χ3n) is 6.65. The minimum Gasteiger partial charge on any atom is -0.497 e. The second kappa shape index (κ2) is 12.0. The van der Waals surface area contributed by atoms with E-state index >= 15 is 0 Å². The van der Waals surface area contributed by atoms with E-state index in [2.05, 4.69) is 36.5 Å². The molecule has 5 rings (SSSR count). The van der Waals surface area contributed by atoms with Crippen LogP contribution < -0.4 is 10.3 Å². The Morgan fingerprint density at radius 2 is 1.85 bits per heavy atom. The first-order chi connectivity index (χ1) is 19.1. The van der Waals surface area contributed by atoms with E-state index in [1.165, 1.54) is 0 Å². The van der Waals surface area contributed by atoms with Gasteiger partial charge in [0.25, 0.3) is 5.56 Å². The molecule has 0 amide bonds. The Morgan fingerprint density at radius 3 is 2.59 bits per heavy atom. The quantitative estimate of drug-likeness (QED) is 0.278. The van der Waals surface area contributed by atoms with E-state index < -0.39 is 6.04 Å². The van der Waals surface area contributed by atoms with Crippen molar-refractivity contribution in [3.05, 3.63) is 111 Å². The van der Waals surface area contributed by atoms with Crippen molar-refractivity contribution in [2.45, 2.75) is 32.6 Å². The summed E-state index contributed by atoms with van der Waals surface area (Å²) in [6.07, 6.45) is 3.58. The highest BCUT2D eigenvalue weighted by Gasteiger charge is 2.31. The zero-order chi connectivity index (χ0) is 27.2. The van der Waals surface area contributed by atoms with Crippen LogP contribution in [0.4, 0.5) is 0 Å². The van der Waals surface area contributed by atoms with Crippen LogP contribution in [0.15, 0.2) is 77.9 Å². The van der Waals surface area contributed by atoms with Gasteiger partial charge in [-0.2, -0.15) is 0 Å². The van der Waals surface area contributed by atoms with E-state index in [1.807, 2.05) is 67.7 Å². The maximum atomic E-state index is 13.7. The highest BCUT2D eigenvalue weighted by Crippen LogP contribution is 2.30. The molecule has 10 heteroatoms. The highest BCUT2D eigenvalue weighted by atomic mass is 16.5. The Balaban J connectivity index is 1.67. The first-order valence-electron chi connectivity index (χ1n) is 12.7. The number of tetrazole rings is 1. The number of aryl methyl sites for hydroxylation is 1. The van der Waals surface area contributed by atoms with Crippen LogP contribution in [0.3, 0.4) is 0 Å². The number of rotatable bonds is 11. The Labute approximate surface area is 226 Å². The van der Waals surface area contributed by atoms with Gasteiger partial charge >= 0.3 is 0 Å². The van der Waals surface area contributed by atoms with Crippen molar-refractivity contribution in [2.24, 2.45) is 0 Å². The summed E-state index contributed by atoms with van der Waals surface area (Å²) in [5.41, 5.74) is 4.30. The zero-order valence-electron chi connectivity index (χ0n) is 22.2. The SMILES string of the molecule is COCCn1nnnc1[C@H](c1cc2cc(C)ccc2[nH]c1=O)N(Cc1ccc(OC)cc1)Cc1cccnc1. The van der Waals surface area contributed by atoms with Crippen LogP contribution in [0.25, 0.3) is 10.9 Å². The number of benzene rings is 2. The predicted molar refractivity (Wildman–Crippen MR) is 147 cm³/mol. The molecule has 0 fully saturated rings. The summed E-state index contributed by atoms with van der Waals surface area (Å²) in [6, 6.07) is 19.2. The Hall–Kier alpha value is -4.41. The summed E-state index contributed by atoms with van der Waals surface area (Å²) >= 11 is 0. The topological polar surface area (TPSA) is 111 Å². The first kappa shape index (κ1) is 26.2. The van der Waals surface area contributed by atoms with Crippen LogP contribution in [-0.2, 0) is 24.4 Å². The molecule has 1 N–H and O–H groups in total. The molecule has 0 saturated heterocycles. The molecule has 0 radical (unpaired) electrons. The third-order valence-corrected chi connectivity index (χ3v) is 6.65. The largest absolute Gasteiger partial charge is 0.497 e. The summed E-state index contributed by atoms with van der Waals surface area (Å²) in [6.45, 7) is 3.94. The fraction of sp³-hybridized carbons (Fsp3) is 0.276. The standard InChI is InChI=1S/C29H31N7O3/c1-20-6-11-26-23(15-20)16-25(29(37)31-26)27(28-32-33-34-36(28)13-14-38-2)35(19-22-5-4-12-30-17-22)18-21-7-9-24(39-3)10-8-21/h4-12,15-17,27H,13-14,18-19H2,1-3H3,(H,31,37)/t27-/m0/s1. The Bertz CT molecular complexity index is 1580. The molecule has 2 aromatic carbocycles. The minimum absolute atomic E-state index is 0.191. The lowest BCUT2D eigenvalue weighted by Crippen LogP contribution is -2.35. The van der Waals surface area contributed by atoms with Crippen LogP contribution in [0.1, 0.15) is 34.1 Å². The summed E-state index contributed by atoms with van der Waals surface area (Å²) in [7, 11) is 3.28. The van der Waals surface area contributed by atoms with Crippen LogP contribution >= 0.6 is 0 Å². The molecule has 0 aliphatic rings. The molecule has 1 atom stereocenters. The van der Waals surface area contributed by atoms with Gasteiger partial charge in [-0.3, -0.25) is 14.7 Å². The maximum Gasteiger partial charge on any atom is 0.253 e. The molecule has 3 aromatic heterocycles. The summed E-state index contributed by atoms with van der Waals surface area (Å²) in [4.78, 5) is 23.2. The van der Waals surface area contributed by atoms with Crippen molar-refractivity contribution in [3.63, 3.8) is 0 Å². The number of nitrogens with one attached hydrogen (secondary N) is 1. The van der Waals surface area contributed by atoms with Crippen molar-refractivity contribution in [2.75, 3.05) is 20.8 Å². The minimum atomic E-state index is -0.562. The number of H-pyrrole nitrogens is 1. The molecule has 0 bridgehead atoms. The van der Waals surface area contributed by atoms with Crippen LogP contribution in [0.2, 0.25) is 0 Å². The fourth-order valence-corrected chi connectivity index (χ4v) is 4.72. The number of aromatic amines is 1. The molecule has 5 aromatic rings. The number of hydrogen-bond donors (Lipinski definition) is 1. The number of fused-ring (bicyclic) bond motifs is 1. The fourth-order valence-electron chi connectivity index (χ4n) is 4.72. The number of aromatic nitrogens is 6. The molecule has 39 heavy (non-hydrogen) atoms. The molecule has 0 aliphatic heterocycles. The first-order valence-corrected chi connectivity index (χ1v) is 12.7. The van der Waals surface area contributed by atoms with Crippen LogP contribution in [-0.4, -0.2) is 55.9 Å². The Morgan fingerprint density at radius 1 is 1.03 bits per heavy atom. The monoisotopic (exact) mass is 525 g/mol. The normalized spacial score (nSPS) is 12.2. The van der Waals surface area contributed by atoms with Crippen LogP contribution in [0, 0.1) is 6.92 Å². The van der Waals surface area contributed by atoms with E-state index in [9.17, 15) is 4.79 Å². The van der Waals surface area contributed by atoms with Crippen molar-refractivity contribution in [1.29, 1.82) is 0 Å². The van der Waals surface area contributed by atoms with Gasteiger partial charge in [-0.25, -0.2) is 4.68 Å². The lowest BCUT2D eigenvalue weighted by molar-refractivity contribution is 0.169. The van der Waals surface area contributed by atoms with Gasteiger partial charge < -0.3 is 14.5 Å². The van der Waals surface area contributed by atoms with Crippen molar-refractivity contribution >= 4 is 10.9 Å². The zero-order valence-corrected chi connectivity index (χ0v) is 22.2. The smallest absolute Gasteiger partial charge is 0.253 e. The number of pyridine rings is 2. The second-order valence-electron chi connectivity index (χ2n) is 9.41. The molecule has 0 aliphatic carbocycles.